The van der Waals surface area contributed by atoms with Gasteiger partial charge in [-0.05, 0) is 58.4 Å². The third kappa shape index (κ3) is 4.57. The fourth-order valence-corrected chi connectivity index (χ4v) is 3.48. The predicted octanol–water partition coefficient (Wildman–Crippen LogP) is 4.30. The molecule has 3 heteroatoms. The van der Waals surface area contributed by atoms with Crippen molar-refractivity contribution in [1.29, 1.82) is 0 Å². The Morgan fingerprint density at radius 1 is 1.30 bits per heavy atom. The monoisotopic (exact) mass is 315 g/mol. The maximum absolute atomic E-state index is 4.73. The van der Waals surface area contributed by atoms with Gasteiger partial charge in [0.15, 0.2) is 0 Å². The van der Waals surface area contributed by atoms with E-state index in [9.17, 15) is 0 Å². The average molecular weight is 316 g/mol. The molecule has 0 aromatic heterocycles. The zero-order valence-electron chi connectivity index (χ0n) is 15.5. The van der Waals surface area contributed by atoms with Crippen LogP contribution in [0.25, 0.3) is 0 Å². The van der Waals surface area contributed by atoms with Gasteiger partial charge in [-0.3, -0.25) is 4.99 Å². The SMILES string of the molecule is C\C=C(C(/C(C)=N/C=C/CC)=C(/C)N1CCNCC1C)\C1CC1. The molecule has 23 heavy (non-hydrogen) atoms. The molecule has 2 aliphatic rings. The third-order valence-corrected chi connectivity index (χ3v) is 4.88. The molecular formula is C20H33N3. The fourth-order valence-electron chi connectivity index (χ4n) is 3.48. The molecule has 0 amide bonds. The molecule has 0 aromatic carbocycles. The van der Waals surface area contributed by atoms with Crippen LogP contribution in [0.4, 0.5) is 0 Å². The van der Waals surface area contributed by atoms with Crippen LogP contribution in [0.1, 0.15) is 53.9 Å². The smallest absolute Gasteiger partial charge is 0.0464 e. The Labute approximate surface area is 142 Å². The summed E-state index contributed by atoms with van der Waals surface area (Å²) >= 11 is 0. The second-order valence-electron chi connectivity index (χ2n) is 6.73. The van der Waals surface area contributed by atoms with E-state index in [0.717, 1.165) is 37.7 Å². The number of allylic oxidation sites excluding steroid dienone is 5. The summed E-state index contributed by atoms with van der Waals surface area (Å²) in [5.41, 5.74) is 5.42. The van der Waals surface area contributed by atoms with Crippen molar-refractivity contribution in [2.45, 2.75) is 59.9 Å². The lowest BCUT2D eigenvalue weighted by Crippen LogP contribution is -2.49. The van der Waals surface area contributed by atoms with E-state index in [4.69, 9.17) is 4.99 Å². The van der Waals surface area contributed by atoms with Gasteiger partial charge in [0.1, 0.15) is 0 Å². The second-order valence-corrected chi connectivity index (χ2v) is 6.73. The van der Waals surface area contributed by atoms with Crippen LogP contribution in [0.5, 0.6) is 0 Å². The summed E-state index contributed by atoms with van der Waals surface area (Å²) in [6, 6.07) is 0.537. The van der Waals surface area contributed by atoms with E-state index >= 15 is 0 Å². The minimum Gasteiger partial charge on any atom is -0.369 e. The zero-order chi connectivity index (χ0) is 16.8. The lowest BCUT2D eigenvalue weighted by Gasteiger charge is -2.38. The molecule has 1 unspecified atom stereocenters. The van der Waals surface area contributed by atoms with E-state index < -0.39 is 0 Å². The first kappa shape index (κ1) is 18.0. The highest BCUT2D eigenvalue weighted by atomic mass is 15.2. The summed E-state index contributed by atoms with van der Waals surface area (Å²) in [6.45, 7) is 14.3. The first-order chi connectivity index (χ1) is 11.1. The van der Waals surface area contributed by atoms with Gasteiger partial charge in [-0.1, -0.05) is 19.1 Å². The molecular weight excluding hydrogens is 282 g/mol. The Bertz CT molecular complexity index is 521. The highest BCUT2D eigenvalue weighted by molar-refractivity contribution is 6.03. The first-order valence-electron chi connectivity index (χ1n) is 9.14. The Morgan fingerprint density at radius 2 is 2.04 bits per heavy atom. The molecule has 2 rings (SSSR count). The predicted molar refractivity (Wildman–Crippen MR) is 101 cm³/mol. The lowest BCUT2D eigenvalue weighted by atomic mass is 9.94. The summed E-state index contributed by atoms with van der Waals surface area (Å²) in [7, 11) is 0. The molecule has 0 aromatic rings. The van der Waals surface area contributed by atoms with Crippen molar-refractivity contribution in [1.82, 2.24) is 10.2 Å². The molecule has 1 aliphatic carbocycles. The van der Waals surface area contributed by atoms with Gasteiger partial charge < -0.3 is 10.2 Å². The van der Waals surface area contributed by atoms with Gasteiger partial charge >= 0.3 is 0 Å². The van der Waals surface area contributed by atoms with Crippen LogP contribution in [0.2, 0.25) is 0 Å². The van der Waals surface area contributed by atoms with Crippen molar-refractivity contribution in [3.8, 4) is 0 Å². The van der Waals surface area contributed by atoms with Crippen molar-refractivity contribution < 1.29 is 0 Å². The van der Waals surface area contributed by atoms with Crippen LogP contribution in [-0.2, 0) is 0 Å². The summed E-state index contributed by atoms with van der Waals surface area (Å²) in [4.78, 5) is 7.29. The number of aliphatic imine (C=N–C) groups is 1. The third-order valence-electron chi connectivity index (χ3n) is 4.88. The van der Waals surface area contributed by atoms with Crippen LogP contribution < -0.4 is 5.32 Å². The molecule has 1 aliphatic heterocycles. The maximum Gasteiger partial charge on any atom is 0.0464 e. The van der Waals surface area contributed by atoms with Gasteiger partial charge in [0.2, 0.25) is 0 Å². The summed E-state index contributed by atoms with van der Waals surface area (Å²) in [5.74, 6) is 0.739. The van der Waals surface area contributed by atoms with Gasteiger partial charge in [-0.15, -0.1) is 0 Å². The van der Waals surface area contributed by atoms with Crippen LogP contribution in [0, 0.1) is 5.92 Å². The highest BCUT2D eigenvalue weighted by Crippen LogP contribution is 2.41. The number of rotatable bonds is 6. The maximum atomic E-state index is 4.73. The molecule has 1 N–H and O–H groups in total. The topological polar surface area (TPSA) is 27.6 Å². The van der Waals surface area contributed by atoms with Crippen molar-refractivity contribution >= 4 is 5.71 Å². The average Bonchev–Trinajstić information content (AvgIpc) is 3.37. The number of hydrogen-bond acceptors (Lipinski definition) is 3. The molecule has 128 valence electrons. The minimum absolute atomic E-state index is 0.537. The van der Waals surface area contributed by atoms with Crippen LogP contribution >= 0.6 is 0 Å². The van der Waals surface area contributed by atoms with Gasteiger partial charge in [0.25, 0.3) is 0 Å². The Morgan fingerprint density at radius 3 is 2.61 bits per heavy atom. The van der Waals surface area contributed by atoms with E-state index in [1.54, 1.807) is 0 Å². The van der Waals surface area contributed by atoms with Crippen molar-refractivity contribution in [3.63, 3.8) is 0 Å². The minimum atomic E-state index is 0.537. The van der Waals surface area contributed by atoms with E-state index in [0.29, 0.717) is 6.04 Å². The molecule has 1 atom stereocenters. The molecule has 1 heterocycles. The number of piperazine rings is 1. The largest absolute Gasteiger partial charge is 0.369 e. The van der Waals surface area contributed by atoms with Gasteiger partial charge in [0.05, 0.1) is 0 Å². The molecule has 1 saturated heterocycles. The molecule has 2 fully saturated rings. The standard InChI is InChI=1S/C20H33N3/c1-6-8-11-22-16(4)20(19(7-2)18-9-10-18)17(5)23-13-12-21-14-15(23)3/h7-8,11,15,18,21H,6,9-10,12-14H2,1-5H3/b11-8+,19-7-,20-17-,22-16+. The van der Waals surface area contributed by atoms with Crippen molar-refractivity contribution in [2.75, 3.05) is 19.6 Å². The second kappa shape index (κ2) is 8.49. The quantitative estimate of drug-likeness (QED) is 0.585. The van der Waals surface area contributed by atoms with Crippen LogP contribution in [0.3, 0.4) is 0 Å². The van der Waals surface area contributed by atoms with Crippen LogP contribution in [-0.4, -0.2) is 36.3 Å². The van der Waals surface area contributed by atoms with Gasteiger partial charge in [0, 0.05) is 48.9 Å². The lowest BCUT2D eigenvalue weighted by molar-refractivity contribution is 0.223. The van der Waals surface area contributed by atoms with E-state index in [2.05, 4.69) is 57.0 Å². The zero-order valence-corrected chi connectivity index (χ0v) is 15.5. The van der Waals surface area contributed by atoms with Gasteiger partial charge in [-0.25, -0.2) is 0 Å². The fraction of sp³-hybridized carbons (Fsp3) is 0.650. The molecule has 0 radical (unpaired) electrons. The van der Waals surface area contributed by atoms with Gasteiger partial charge in [-0.2, -0.15) is 0 Å². The van der Waals surface area contributed by atoms with E-state index in [-0.39, 0.29) is 0 Å². The molecule has 1 saturated carbocycles. The van der Waals surface area contributed by atoms with E-state index in [1.807, 2.05) is 6.20 Å². The molecule has 0 bridgehead atoms. The molecule has 0 spiro atoms. The summed E-state index contributed by atoms with van der Waals surface area (Å²) in [5, 5.41) is 3.49. The van der Waals surface area contributed by atoms with Crippen molar-refractivity contribution in [3.05, 3.63) is 35.2 Å². The Hall–Kier alpha value is -1.35. The number of nitrogens with zero attached hydrogens (tertiary/aromatic N) is 2. The molecule has 3 nitrogen and oxygen atoms in total. The number of hydrogen-bond donors (Lipinski definition) is 1. The van der Waals surface area contributed by atoms with Crippen LogP contribution in [0.15, 0.2) is 40.2 Å². The van der Waals surface area contributed by atoms with E-state index in [1.165, 1.54) is 29.7 Å². The first-order valence-corrected chi connectivity index (χ1v) is 9.14. The summed E-state index contributed by atoms with van der Waals surface area (Å²) in [6.07, 6.45) is 10.1. The Kier molecular flexibility index (Phi) is 6.64. The summed E-state index contributed by atoms with van der Waals surface area (Å²) < 4.78 is 0. The normalized spacial score (nSPS) is 25.1. The Balaban J connectivity index is 2.40. The number of nitrogens with one attached hydrogen (secondary N) is 1. The van der Waals surface area contributed by atoms with Crippen molar-refractivity contribution in [2.24, 2.45) is 10.9 Å². The highest BCUT2D eigenvalue weighted by Gasteiger charge is 2.31.